The quantitative estimate of drug-likeness (QED) is 0.469. The minimum absolute atomic E-state index is 0.991. The van der Waals surface area contributed by atoms with E-state index in [0.29, 0.717) is 0 Å². The van der Waals surface area contributed by atoms with Crippen LogP contribution in [-0.2, 0) is 0 Å². The Labute approximate surface area is 57.0 Å². The third-order valence-corrected chi connectivity index (χ3v) is 2.86. The van der Waals surface area contributed by atoms with E-state index >= 15 is 0 Å². The summed E-state index contributed by atoms with van der Waals surface area (Å²) in [6.07, 6.45) is 8.29. The molecule has 2 aliphatic rings. The second kappa shape index (κ2) is 1.86. The van der Waals surface area contributed by atoms with Gasteiger partial charge in [0.2, 0.25) is 0 Å². The average molecular weight is 122 g/mol. The highest BCUT2D eigenvalue weighted by Crippen LogP contribution is 2.44. The summed E-state index contributed by atoms with van der Waals surface area (Å²) in [5, 5.41) is 0. The second-order valence-corrected chi connectivity index (χ2v) is 3.37. The first kappa shape index (κ1) is 5.52. The van der Waals surface area contributed by atoms with Crippen molar-refractivity contribution in [3.63, 3.8) is 0 Å². The Morgan fingerprint density at radius 3 is 2.78 bits per heavy atom. The van der Waals surface area contributed by atoms with Gasteiger partial charge in [0.15, 0.2) is 0 Å². The molecular formula is C9H14. The molecule has 0 aromatic heterocycles. The lowest BCUT2D eigenvalue weighted by atomic mass is 9.97. The molecule has 2 aliphatic carbocycles. The largest absolute Gasteiger partial charge is 0.0819 e. The number of rotatable bonds is 1. The molecule has 0 aromatic rings. The molecule has 50 valence electrons. The van der Waals surface area contributed by atoms with E-state index in [2.05, 4.69) is 13.0 Å². The Bertz CT molecular complexity index is 144. The Morgan fingerprint density at radius 1 is 1.56 bits per heavy atom. The summed E-state index contributed by atoms with van der Waals surface area (Å²) in [6.45, 7) is 2.28. The fourth-order valence-electron chi connectivity index (χ4n) is 2.35. The highest BCUT2D eigenvalue weighted by molar-refractivity contribution is 5.18. The van der Waals surface area contributed by atoms with Crippen LogP contribution in [0.1, 0.15) is 32.6 Å². The molecule has 1 saturated carbocycles. The number of hydrogen-bond donors (Lipinski definition) is 0. The zero-order valence-electron chi connectivity index (χ0n) is 6.06. The first-order chi connectivity index (χ1) is 4.40. The van der Waals surface area contributed by atoms with Crippen LogP contribution in [-0.4, -0.2) is 0 Å². The van der Waals surface area contributed by atoms with Crippen molar-refractivity contribution in [2.45, 2.75) is 32.6 Å². The van der Waals surface area contributed by atoms with Crippen molar-refractivity contribution in [3.05, 3.63) is 11.6 Å². The minimum Gasteiger partial charge on any atom is -0.0819 e. The molecule has 1 fully saturated rings. The van der Waals surface area contributed by atoms with Gasteiger partial charge in [-0.1, -0.05) is 18.6 Å². The molecule has 0 aromatic carbocycles. The van der Waals surface area contributed by atoms with Crippen molar-refractivity contribution in [1.29, 1.82) is 0 Å². The van der Waals surface area contributed by atoms with Gasteiger partial charge in [-0.2, -0.15) is 0 Å². The van der Waals surface area contributed by atoms with E-state index in [-0.39, 0.29) is 0 Å². The Hall–Kier alpha value is -0.260. The Morgan fingerprint density at radius 2 is 2.44 bits per heavy atom. The molecule has 0 nitrogen and oxygen atoms in total. The van der Waals surface area contributed by atoms with Gasteiger partial charge in [0.25, 0.3) is 0 Å². The van der Waals surface area contributed by atoms with Gasteiger partial charge in [-0.15, -0.1) is 0 Å². The lowest BCUT2D eigenvalue weighted by Gasteiger charge is -2.09. The van der Waals surface area contributed by atoms with Crippen LogP contribution in [0.5, 0.6) is 0 Å². The van der Waals surface area contributed by atoms with Crippen LogP contribution in [0, 0.1) is 11.8 Å². The van der Waals surface area contributed by atoms with Gasteiger partial charge in [0.05, 0.1) is 0 Å². The first-order valence-electron chi connectivity index (χ1n) is 4.10. The third kappa shape index (κ3) is 0.726. The van der Waals surface area contributed by atoms with Crippen LogP contribution in [0.15, 0.2) is 11.6 Å². The van der Waals surface area contributed by atoms with Crippen LogP contribution < -0.4 is 0 Å². The molecule has 0 spiro atoms. The summed E-state index contributed by atoms with van der Waals surface area (Å²) in [6, 6.07) is 0. The molecule has 9 heavy (non-hydrogen) atoms. The summed E-state index contributed by atoms with van der Waals surface area (Å²) in [4.78, 5) is 0. The molecule has 0 saturated heterocycles. The summed E-state index contributed by atoms with van der Waals surface area (Å²) >= 11 is 0. The zero-order chi connectivity index (χ0) is 6.27. The van der Waals surface area contributed by atoms with Crippen LogP contribution in [0.25, 0.3) is 0 Å². The predicted octanol–water partition coefficient (Wildman–Crippen LogP) is 2.75. The molecule has 0 N–H and O–H groups in total. The maximum absolute atomic E-state index is 2.52. The molecule has 0 aliphatic heterocycles. The Kier molecular flexibility index (Phi) is 1.14. The summed E-state index contributed by atoms with van der Waals surface area (Å²) < 4.78 is 0. The monoisotopic (exact) mass is 122 g/mol. The van der Waals surface area contributed by atoms with Crippen molar-refractivity contribution in [2.75, 3.05) is 0 Å². The van der Waals surface area contributed by atoms with E-state index < -0.39 is 0 Å². The summed E-state index contributed by atoms with van der Waals surface area (Å²) in [5.74, 6) is 2.00. The standard InChI is InChI=1S/C9H14/c1-2-8-5-7-3-4-9(8)6-7/h5,7,9H,2-4,6H2,1H3. The van der Waals surface area contributed by atoms with E-state index in [1.165, 1.54) is 25.7 Å². The molecule has 2 bridgehead atoms. The van der Waals surface area contributed by atoms with E-state index in [4.69, 9.17) is 0 Å². The smallest absolute Gasteiger partial charge is 0.0197 e. The molecule has 2 atom stereocenters. The molecule has 2 rings (SSSR count). The van der Waals surface area contributed by atoms with Gasteiger partial charge in [-0.3, -0.25) is 0 Å². The average Bonchev–Trinajstić information content (AvgIpc) is 2.45. The van der Waals surface area contributed by atoms with Gasteiger partial charge < -0.3 is 0 Å². The normalized spacial score (nSPS) is 39.4. The fraction of sp³-hybridized carbons (Fsp3) is 0.778. The Balaban J connectivity index is 2.18. The molecule has 0 heteroatoms. The minimum atomic E-state index is 0.991. The van der Waals surface area contributed by atoms with Crippen LogP contribution >= 0.6 is 0 Å². The second-order valence-electron chi connectivity index (χ2n) is 3.37. The van der Waals surface area contributed by atoms with Crippen LogP contribution in [0.4, 0.5) is 0 Å². The van der Waals surface area contributed by atoms with Gasteiger partial charge in [0.1, 0.15) is 0 Å². The third-order valence-electron chi connectivity index (χ3n) is 2.86. The fourth-order valence-corrected chi connectivity index (χ4v) is 2.35. The van der Waals surface area contributed by atoms with E-state index in [0.717, 1.165) is 11.8 Å². The van der Waals surface area contributed by atoms with Crippen molar-refractivity contribution in [2.24, 2.45) is 11.8 Å². The first-order valence-corrected chi connectivity index (χ1v) is 4.10. The predicted molar refractivity (Wildman–Crippen MR) is 39.2 cm³/mol. The molecule has 0 radical (unpaired) electrons. The van der Waals surface area contributed by atoms with Crippen molar-refractivity contribution >= 4 is 0 Å². The van der Waals surface area contributed by atoms with Crippen LogP contribution in [0.2, 0.25) is 0 Å². The zero-order valence-corrected chi connectivity index (χ0v) is 6.06. The molecule has 0 heterocycles. The maximum atomic E-state index is 2.52. The highest BCUT2D eigenvalue weighted by Gasteiger charge is 2.31. The van der Waals surface area contributed by atoms with E-state index in [1.807, 2.05) is 0 Å². The highest BCUT2D eigenvalue weighted by atomic mass is 14.4. The number of fused-ring (bicyclic) bond motifs is 2. The van der Waals surface area contributed by atoms with Gasteiger partial charge in [-0.25, -0.2) is 0 Å². The molecule has 2 unspecified atom stereocenters. The van der Waals surface area contributed by atoms with E-state index in [9.17, 15) is 0 Å². The van der Waals surface area contributed by atoms with Gasteiger partial charge in [0, 0.05) is 0 Å². The van der Waals surface area contributed by atoms with Gasteiger partial charge >= 0.3 is 0 Å². The topological polar surface area (TPSA) is 0 Å². The van der Waals surface area contributed by atoms with Crippen molar-refractivity contribution in [3.8, 4) is 0 Å². The van der Waals surface area contributed by atoms with Gasteiger partial charge in [-0.05, 0) is 37.5 Å². The van der Waals surface area contributed by atoms with Crippen molar-refractivity contribution in [1.82, 2.24) is 0 Å². The SMILES string of the molecule is CCC1=CC2CCC1C2. The lowest BCUT2D eigenvalue weighted by molar-refractivity contribution is 0.636. The maximum Gasteiger partial charge on any atom is -0.0197 e. The molecule has 0 amide bonds. The lowest BCUT2D eigenvalue weighted by Crippen LogP contribution is -1.94. The summed E-state index contributed by atoms with van der Waals surface area (Å²) in [7, 11) is 0. The van der Waals surface area contributed by atoms with Crippen molar-refractivity contribution < 1.29 is 0 Å². The van der Waals surface area contributed by atoms with E-state index in [1.54, 1.807) is 5.57 Å². The summed E-state index contributed by atoms with van der Waals surface area (Å²) in [5.41, 5.74) is 1.76. The van der Waals surface area contributed by atoms with Crippen LogP contribution in [0.3, 0.4) is 0 Å². The number of hydrogen-bond acceptors (Lipinski definition) is 0. The molecular weight excluding hydrogens is 108 g/mol. The number of allylic oxidation sites excluding steroid dienone is 2.